The molecule has 14 nitrogen and oxygen atoms in total. The molecule has 47 heavy (non-hydrogen) atoms. The topological polar surface area (TPSA) is 226 Å². The summed E-state index contributed by atoms with van der Waals surface area (Å²) in [4.78, 5) is 55.3. The summed E-state index contributed by atoms with van der Waals surface area (Å²) in [6.07, 6.45) is 2.69. The summed E-state index contributed by atoms with van der Waals surface area (Å²) in [5.74, 6) is -1.92. The van der Waals surface area contributed by atoms with Gasteiger partial charge in [-0.05, 0) is 67.7 Å². The van der Waals surface area contributed by atoms with Gasteiger partial charge in [0.2, 0.25) is 17.7 Å². The number of pyridine rings is 1. The lowest BCUT2D eigenvalue weighted by molar-refractivity contribution is -0.138. The Kier molecular flexibility index (Phi) is 19.3. The van der Waals surface area contributed by atoms with E-state index < -0.39 is 36.3 Å². The maximum Gasteiger partial charge on any atom is 0.305 e. The van der Waals surface area contributed by atoms with Crippen molar-refractivity contribution in [3.63, 3.8) is 0 Å². The third-order valence-corrected chi connectivity index (χ3v) is 7.36. The summed E-state index contributed by atoms with van der Waals surface area (Å²) in [5, 5.41) is 27.8. The normalized spacial score (nSPS) is 12.3. The van der Waals surface area contributed by atoms with Crippen LogP contribution in [0.1, 0.15) is 43.7 Å². The number of amides is 3. The molecule has 2 rings (SSSR count). The number of halogens is 2. The number of hydrogen-bond acceptors (Lipinski definition) is 10. The van der Waals surface area contributed by atoms with Crippen LogP contribution in [0.3, 0.4) is 0 Å². The van der Waals surface area contributed by atoms with Gasteiger partial charge in [0, 0.05) is 68.4 Å². The Labute approximate surface area is 285 Å². The highest BCUT2D eigenvalue weighted by molar-refractivity contribution is 6.34. The molecule has 2 atom stereocenters. The molecule has 11 N–H and O–H groups in total. The van der Waals surface area contributed by atoms with Crippen molar-refractivity contribution in [3.8, 4) is 0 Å². The van der Waals surface area contributed by atoms with Gasteiger partial charge >= 0.3 is 5.97 Å². The number of carbonyl (C=O) groups excluding carboxylic acids is 3. The maximum atomic E-state index is 13.5. The molecule has 0 spiro atoms. The van der Waals surface area contributed by atoms with E-state index in [0.717, 1.165) is 5.82 Å². The summed E-state index contributed by atoms with van der Waals surface area (Å²) in [6.45, 7) is 3.56. The number of rotatable bonds is 24. The van der Waals surface area contributed by atoms with Crippen LogP contribution in [0.15, 0.2) is 42.6 Å². The van der Waals surface area contributed by atoms with Crippen LogP contribution in [-0.4, -0.2) is 92.2 Å². The fraction of sp³-hybridized carbons (Fsp3) is 0.516. The highest BCUT2D eigenvalue weighted by Gasteiger charge is 2.27. The number of aromatic nitrogens is 1. The lowest BCUT2D eigenvalue weighted by Crippen LogP contribution is -2.53. The van der Waals surface area contributed by atoms with Crippen molar-refractivity contribution in [2.75, 3.05) is 57.7 Å². The molecule has 0 saturated heterocycles. The molecule has 0 aliphatic carbocycles. The molecule has 1 aromatic heterocycles. The van der Waals surface area contributed by atoms with Gasteiger partial charge in [-0.15, -0.1) is 0 Å². The molecular formula is C31H47Cl2N9O5. The lowest BCUT2D eigenvalue weighted by Gasteiger charge is -2.24. The Morgan fingerprint density at radius 2 is 1.51 bits per heavy atom. The zero-order valence-corrected chi connectivity index (χ0v) is 27.9. The van der Waals surface area contributed by atoms with Gasteiger partial charge in [-0.2, -0.15) is 0 Å². The van der Waals surface area contributed by atoms with Gasteiger partial charge in [-0.3, -0.25) is 19.2 Å². The number of nitrogens with zero attached hydrogens (tertiary/aromatic N) is 1. The molecule has 1 aromatic carbocycles. The predicted octanol–water partition coefficient (Wildman–Crippen LogP) is 1.01. The Morgan fingerprint density at radius 1 is 0.830 bits per heavy atom. The monoisotopic (exact) mass is 695 g/mol. The fourth-order valence-corrected chi connectivity index (χ4v) is 5.17. The first-order valence-electron chi connectivity index (χ1n) is 15.6. The van der Waals surface area contributed by atoms with Gasteiger partial charge in [0.1, 0.15) is 11.9 Å². The molecule has 0 radical (unpaired) electrons. The quantitative estimate of drug-likeness (QED) is 0.0704. The van der Waals surface area contributed by atoms with E-state index in [4.69, 9.17) is 34.7 Å². The third-order valence-electron chi connectivity index (χ3n) is 6.92. The summed E-state index contributed by atoms with van der Waals surface area (Å²) in [5.41, 5.74) is 11.5. The molecule has 1 heterocycles. The predicted molar refractivity (Wildman–Crippen MR) is 183 cm³/mol. The van der Waals surface area contributed by atoms with Gasteiger partial charge in [0.25, 0.3) is 0 Å². The molecular weight excluding hydrogens is 649 g/mol. The Morgan fingerprint density at radius 3 is 2.11 bits per heavy atom. The van der Waals surface area contributed by atoms with Crippen LogP contribution in [0, 0.1) is 5.92 Å². The minimum atomic E-state index is -1.19. The molecule has 16 heteroatoms. The van der Waals surface area contributed by atoms with Gasteiger partial charge in [0.15, 0.2) is 0 Å². The van der Waals surface area contributed by atoms with Crippen LogP contribution >= 0.6 is 23.2 Å². The summed E-state index contributed by atoms with van der Waals surface area (Å²) < 4.78 is 0. The van der Waals surface area contributed by atoms with E-state index in [1.165, 1.54) is 18.2 Å². The molecule has 0 aliphatic rings. The number of benzene rings is 1. The SMILES string of the molecule is NCCNCC(CNCCN)CC(=O)NCC(NC(=O)CCCCNc1ccccn1)C(=O)NC(CC(=O)O)c1cc(Cl)cc(Cl)c1. The second-order valence-corrected chi connectivity index (χ2v) is 11.8. The standard InChI is InChI=1S/C31H47Cl2N9O5/c32-23-14-22(15-24(33)16-23)25(17-30(45)46)42-31(47)26(41-28(43)6-2-4-10-39-27-5-1-3-9-38-27)20-40-29(44)13-21(18-36-11-7-34)19-37-12-8-35/h1,3,5,9,14-16,21,25-26,36-37H,2,4,6-8,10-13,17-20,34-35H2,(H,38,39)(H,40,44)(H,41,43)(H,42,47)(H,45,46). The first-order valence-corrected chi connectivity index (χ1v) is 16.4. The summed E-state index contributed by atoms with van der Waals surface area (Å²) in [7, 11) is 0. The second-order valence-electron chi connectivity index (χ2n) is 10.9. The van der Waals surface area contributed by atoms with Crippen LogP contribution in [0.2, 0.25) is 10.0 Å². The highest BCUT2D eigenvalue weighted by Crippen LogP contribution is 2.25. The average molecular weight is 697 g/mol. The van der Waals surface area contributed by atoms with Crippen molar-refractivity contribution in [3.05, 3.63) is 58.2 Å². The number of unbranched alkanes of at least 4 members (excludes halogenated alkanes) is 1. The molecule has 2 unspecified atom stereocenters. The van der Waals surface area contributed by atoms with Crippen LogP contribution in [0.25, 0.3) is 0 Å². The summed E-state index contributed by atoms with van der Waals surface area (Å²) >= 11 is 12.3. The van der Waals surface area contributed by atoms with Crippen molar-refractivity contribution in [1.29, 1.82) is 0 Å². The van der Waals surface area contributed by atoms with Crippen LogP contribution in [0.5, 0.6) is 0 Å². The number of carboxylic acid groups (broad SMARTS) is 1. The fourth-order valence-electron chi connectivity index (χ4n) is 4.63. The van der Waals surface area contributed by atoms with Crippen molar-refractivity contribution < 1.29 is 24.3 Å². The molecule has 0 fully saturated rings. The Balaban J connectivity index is 2.08. The van der Waals surface area contributed by atoms with E-state index in [9.17, 15) is 24.3 Å². The van der Waals surface area contributed by atoms with Crippen molar-refractivity contribution in [2.24, 2.45) is 17.4 Å². The van der Waals surface area contributed by atoms with Crippen molar-refractivity contribution in [1.82, 2.24) is 31.6 Å². The Hall–Kier alpha value is -3.53. The second kappa shape index (κ2) is 22.9. The van der Waals surface area contributed by atoms with E-state index in [0.29, 0.717) is 64.2 Å². The van der Waals surface area contributed by atoms with Gasteiger partial charge in [-0.25, -0.2) is 4.98 Å². The van der Waals surface area contributed by atoms with Gasteiger partial charge in [0.05, 0.1) is 12.5 Å². The molecule has 3 amide bonds. The molecule has 2 aromatic rings. The number of hydrogen-bond donors (Lipinski definition) is 9. The van der Waals surface area contributed by atoms with Gasteiger partial charge in [-0.1, -0.05) is 29.3 Å². The Bertz CT molecular complexity index is 1230. The molecule has 0 saturated carbocycles. The van der Waals surface area contributed by atoms with Gasteiger partial charge < -0.3 is 48.5 Å². The molecule has 0 aliphatic heterocycles. The first-order chi connectivity index (χ1) is 22.6. The van der Waals surface area contributed by atoms with Crippen LogP contribution < -0.4 is 43.4 Å². The van der Waals surface area contributed by atoms with E-state index in [1.807, 2.05) is 18.2 Å². The van der Waals surface area contributed by atoms with E-state index in [2.05, 4.69) is 36.9 Å². The number of carboxylic acids is 1. The number of aliphatic carboxylic acids is 1. The van der Waals surface area contributed by atoms with E-state index in [-0.39, 0.29) is 41.3 Å². The zero-order valence-electron chi connectivity index (χ0n) is 26.4. The largest absolute Gasteiger partial charge is 0.481 e. The zero-order chi connectivity index (χ0) is 34.4. The van der Waals surface area contributed by atoms with E-state index in [1.54, 1.807) is 6.20 Å². The smallest absolute Gasteiger partial charge is 0.305 e. The van der Waals surface area contributed by atoms with E-state index >= 15 is 0 Å². The number of nitrogens with two attached hydrogens (primary N) is 2. The average Bonchev–Trinajstić information content (AvgIpc) is 3.02. The minimum Gasteiger partial charge on any atom is -0.481 e. The van der Waals surface area contributed by atoms with Crippen molar-refractivity contribution in [2.45, 2.75) is 44.2 Å². The number of carbonyl (C=O) groups is 4. The minimum absolute atomic E-state index is 0.0813. The first kappa shape index (κ1) is 39.6. The number of nitrogens with one attached hydrogen (secondary N) is 6. The number of anilines is 1. The highest BCUT2D eigenvalue weighted by atomic mass is 35.5. The molecule has 0 bridgehead atoms. The van der Waals surface area contributed by atoms with Crippen molar-refractivity contribution >= 4 is 52.7 Å². The lowest BCUT2D eigenvalue weighted by atomic mass is 10.0. The molecule has 260 valence electrons. The van der Waals surface area contributed by atoms with Crippen LogP contribution in [-0.2, 0) is 19.2 Å². The van der Waals surface area contributed by atoms with Crippen LogP contribution in [0.4, 0.5) is 5.82 Å². The summed E-state index contributed by atoms with van der Waals surface area (Å²) in [6, 6.07) is 7.84. The maximum absolute atomic E-state index is 13.5. The third kappa shape index (κ3) is 17.3.